The number of hydrogen-bond acceptors (Lipinski definition) is 4. The molecule has 4 N–H and O–H groups in total. The maximum absolute atomic E-state index is 12.4. The summed E-state index contributed by atoms with van der Waals surface area (Å²) in [5, 5.41) is 14.8. The van der Waals surface area contributed by atoms with Crippen LogP contribution in [-0.4, -0.2) is 21.9 Å². The summed E-state index contributed by atoms with van der Waals surface area (Å²) in [6, 6.07) is 5.66. The smallest absolute Gasteiger partial charge is 0.234 e. The van der Waals surface area contributed by atoms with Crippen molar-refractivity contribution in [1.82, 2.24) is 10.3 Å². The van der Waals surface area contributed by atoms with Gasteiger partial charge in [-0.2, -0.15) is 0 Å². The zero-order valence-electron chi connectivity index (χ0n) is 11.6. The van der Waals surface area contributed by atoms with Crippen molar-refractivity contribution >= 4 is 11.7 Å². The molecule has 2 rings (SSSR count). The van der Waals surface area contributed by atoms with Crippen molar-refractivity contribution in [2.45, 2.75) is 39.2 Å². The Hall–Kier alpha value is -2.11. The van der Waals surface area contributed by atoms with Crippen LogP contribution in [-0.2, 0) is 11.3 Å². The summed E-state index contributed by atoms with van der Waals surface area (Å²) in [5.41, 5.74) is 6.57. The van der Waals surface area contributed by atoms with E-state index in [1.807, 2.05) is 25.1 Å². The number of pyridine rings is 1. The van der Waals surface area contributed by atoms with E-state index in [1.165, 1.54) is 0 Å². The second kappa shape index (κ2) is 5.90. The Morgan fingerprint density at radius 2 is 2.20 bits per heavy atom. The van der Waals surface area contributed by atoms with Crippen LogP contribution in [0.1, 0.15) is 37.1 Å². The average Bonchev–Trinajstić information content (AvgIpc) is 2.95. The molecular weight excluding hydrogens is 256 g/mol. The standard InChI is InChI=1S/C14H20N4O2/c1-10-5-4-6-11(17-10)9-16-13(19)14(12(15)18-20)7-2-3-8-14/h4-6,20H,2-3,7-9H2,1H3,(H2,15,18)(H,16,19). The number of amidine groups is 1. The third-order valence-electron chi connectivity index (χ3n) is 3.87. The highest BCUT2D eigenvalue weighted by molar-refractivity contribution is 6.06. The summed E-state index contributed by atoms with van der Waals surface area (Å²) in [5.74, 6) is -0.182. The molecule has 0 bridgehead atoms. The van der Waals surface area contributed by atoms with Gasteiger partial charge in [0, 0.05) is 5.69 Å². The summed E-state index contributed by atoms with van der Waals surface area (Å²) in [6.45, 7) is 2.25. The van der Waals surface area contributed by atoms with Crippen LogP contribution in [0.15, 0.2) is 23.4 Å². The fourth-order valence-corrected chi connectivity index (χ4v) is 2.71. The van der Waals surface area contributed by atoms with Gasteiger partial charge in [-0.1, -0.05) is 24.1 Å². The molecule has 1 aliphatic carbocycles. The van der Waals surface area contributed by atoms with E-state index in [1.54, 1.807) is 0 Å². The second-order valence-corrected chi connectivity index (χ2v) is 5.23. The maximum Gasteiger partial charge on any atom is 0.234 e. The number of nitrogens with one attached hydrogen (secondary N) is 1. The summed E-state index contributed by atoms with van der Waals surface area (Å²) in [4.78, 5) is 16.7. The second-order valence-electron chi connectivity index (χ2n) is 5.23. The van der Waals surface area contributed by atoms with Crippen LogP contribution in [0.5, 0.6) is 0 Å². The molecule has 1 aromatic rings. The quantitative estimate of drug-likeness (QED) is 0.334. The van der Waals surface area contributed by atoms with Crippen molar-refractivity contribution in [1.29, 1.82) is 0 Å². The lowest BCUT2D eigenvalue weighted by Crippen LogP contribution is -2.48. The molecular formula is C14H20N4O2. The van der Waals surface area contributed by atoms with Crippen molar-refractivity contribution < 1.29 is 10.0 Å². The molecule has 1 aliphatic rings. The maximum atomic E-state index is 12.4. The number of amides is 1. The van der Waals surface area contributed by atoms with E-state index in [0.29, 0.717) is 19.4 Å². The highest BCUT2D eigenvalue weighted by Gasteiger charge is 2.45. The molecule has 20 heavy (non-hydrogen) atoms. The van der Waals surface area contributed by atoms with Crippen molar-refractivity contribution in [3.8, 4) is 0 Å². The molecule has 6 nitrogen and oxygen atoms in total. The molecule has 1 aromatic heterocycles. The molecule has 0 radical (unpaired) electrons. The predicted molar refractivity (Wildman–Crippen MR) is 75.1 cm³/mol. The fraction of sp³-hybridized carbons (Fsp3) is 0.500. The van der Waals surface area contributed by atoms with Gasteiger partial charge < -0.3 is 16.3 Å². The van der Waals surface area contributed by atoms with Crippen LogP contribution in [0.4, 0.5) is 0 Å². The Labute approximate surface area is 118 Å². The highest BCUT2D eigenvalue weighted by atomic mass is 16.4. The lowest BCUT2D eigenvalue weighted by molar-refractivity contribution is -0.127. The minimum Gasteiger partial charge on any atom is -0.409 e. The van der Waals surface area contributed by atoms with Crippen LogP contribution >= 0.6 is 0 Å². The van der Waals surface area contributed by atoms with Gasteiger partial charge in [0.2, 0.25) is 5.91 Å². The topological polar surface area (TPSA) is 101 Å². The number of aryl methyl sites for hydroxylation is 1. The molecule has 1 heterocycles. The van der Waals surface area contributed by atoms with E-state index in [9.17, 15) is 4.79 Å². The first-order valence-corrected chi connectivity index (χ1v) is 6.77. The Morgan fingerprint density at radius 3 is 2.80 bits per heavy atom. The van der Waals surface area contributed by atoms with Gasteiger partial charge in [-0.3, -0.25) is 9.78 Å². The number of nitrogens with zero attached hydrogens (tertiary/aromatic N) is 2. The molecule has 0 atom stereocenters. The van der Waals surface area contributed by atoms with Gasteiger partial charge in [0.05, 0.1) is 12.2 Å². The van der Waals surface area contributed by atoms with Crippen LogP contribution in [0.25, 0.3) is 0 Å². The zero-order chi connectivity index (χ0) is 14.6. The third kappa shape index (κ3) is 2.74. The minimum absolute atomic E-state index is 0.00435. The van der Waals surface area contributed by atoms with E-state index in [2.05, 4.69) is 15.5 Å². The van der Waals surface area contributed by atoms with Gasteiger partial charge in [0.15, 0.2) is 5.84 Å². The van der Waals surface area contributed by atoms with Gasteiger partial charge >= 0.3 is 0 Å². The summed E-state index contributed by atoms with van der Waals surface area (Å²) >= 11 is 0. The van der Waals surface area contributed by atoms with Gasteiger partial charge in [0.25, 0.3) is 0 Å². The largest absolute Gasteiger partial charge is 0.409 e. The van der Waals surface area contributed by atoms with Crippen LogP contribution in [0, 0.1) is 12.3 Å². The van der Waals surface area contributed by atoms with E-state index in [-0.39, 0.29) is 11.7 Å². The number of oxime groups is 1. The molecule has 1 amide bonds. The summed E-state index contributed by atoms with van der Waals surface area (Å²) in [7, 11) is 0. The Balaban J connectivity index is 2.07. The van der Waals surface area contributed by atoms with Gasteiger partial charge in [-0.05, 0) is 31.9 Å². The SMILES string of the molecule is Cc1cccc(CNC(=O)C2(C(N)=NO)CCCC2)n1. The minimum atomic E-state index is -0.863. The van der Waals surface area contributed by atoms with Gasteiger partial charge in [-0.15, -0.1) is 0 Å². The number of hydrogen-bond donors (Lipinski definition) is 3. The number of rotatable bonds is 4. The van der Waals surface area contributed by atoms with Crippen molar-refractivity contribution in [3.63, 3.8) is 0 Å². The summed E-state index contributed by atoms with van der Waals surface area (Å²) < 4.78 is 0. The van der Waals surface area contributed by atoms with Crippen LogP contribution in [0.3, 0.4) is 0 Å². The Morgan fingerprint density at radius 1 is 1.50 bits per heavy atom. The normalized spacial score (nSPS) is 17.9. The van der Waals surface area contributed by atoms with E-state index < -0.39 is 5.41 Å². The number of carbonyl (C=O) groups is 1. The third-order valence-corrected chi connectivity index (χ3v) is 3.87. The number of carbonyl (C=O) groups excluding carboxylic acids is 1. The Bertz CT molecular complexity index is 522. The Kier molecular flexibility index (Phi) is 4.22. The molecule has 1 fully saturated rings. The molecule has 0 unspecified atom stereocenters. The fourth-order valence-electron chi connectivity index (χ4n) is 2.71. The van der Waals surface area contributed by atoms with Crippen LogP contribution < -0.4 is 11.1 Å². The van der Waals surface area contributed by atoms with Crippen molar-refractivity contribution in [2.24, 2.45) is 16.3 Å². The molecule has 108 valence electrons. The van der Waals surface area contributed by atoms with E-state index in [0.717, 1.165) is 24.2 Å². The van der Waals surface area contributed by atoms with E-state index in [4.69, 9.17) is 10.9 Å². The first-order chi connectivity index (χ1) is 9.58. The number of nitrogens with two attached hydrogens (primary N) is 1. The molecule has 1 saturated carbocycles. The first kappa shape index (κ1) is 14.3. The lowest BCUT2D eigenvalue weighted by atomic mass is 9.84. The molecule has 0 aliphatic heterocycles. The molecule has 0 saturated heterocycles. The monoisotopic (exact) mass is 276 g/mol. The average molecular weight is 276 g/mol. The predicted octanol–water partition coefficient (Wildman–Crippen LogP) is 1.31. The van der Waals surface area contributed by atoms with Gasteiger partial charge in [-0.25, -0.2) is 0 Å². The summed E-state index contributed by atoms with van der Waals surface area (Å²) in [6.07, 6.45) is 3.06. The van der Waals surface area contributed by atoms with Crippen molar-refractivity contribution in [2.75, 3.05) is 0 Å². The number of aromatic nitrogens is 1. The van der Waals surface area contributed by atoms with E-state index >= 15 is 0 Å². The van der Waals surface area contributed by atoms with Gasteiger partial charge in [0.1, 0.15) is 5.41 Å². The first-order valence-electron chi connectivity index (χ1n) is 6.77. The lowest BCUT2D eigenvalue weighted by Gasteiger charge is -2.25. The zero-order valence-corrected chi connectivity index (χ0v) is 11.6. The molecule has 0 aromatic carbocycles. The molecule has 6 heteroatoms. The molecule has 0 spiro atoms. The van der Waals surface area contributed by atoms with Crippen LogP contribution in [0.2, 0.25) is 0 Å². The van der Waals surface area contributed by atoms with Crippen molar-refractivity contribution in [3.05, 3.63) is 29.6 Å². The highest BCUT2D eigenvalue weighted by Crippen LogP contribution is 2.38.